The number of hydrogen-bond donors (Lipinski definition) is 1. The number of nitrogens with one attached hydrogen (secondary N) is 1. The van der Waals surface area contributed by atoms with Crippen LogP contribution in [0.25, 0.3) is 0 Å². The first-order chi connectivity index (χ1) is 7.67. The summed E-state index contributed by atoms with van der Waals surface area (Å²) in [4.78, 5) is 11.8. The first kappa shape index (κ1) is 13.0. The van der Waals surface area contributed by atoms with Gasteiger partial charge in [0.25, 0.3) is 5.91 Å². The summed E-state index contributed by atoms with van der Waals surface area (Å²) in [6, 6.07) is 7.53. The van der Waals surface area contributed by atoms with E-state index >= 15 is 0 Å². The van der Waals surface area contributed by atoms with Gasteiger partial charge in [-0.2, -0.15) is 0 Å². The lowest BCUT2D eigenvalue weighted by Crippen LogP contribution is -2.34. The van der Waals surface area contributed by atoms with Gasteiger partial charge in [-0.3, -0.25) is 4.79 Å². The third kappa shape index (κ3) is 3.86. The molecule has 84 valence electrons. The normalized spacial score (nSPS) is 11.6. The molecule has 3 heteroatoms. The van der Waals surface area contributed by atoms with E-state index in [9.17, 15) is 4.79 Å². The third-order valence-electron chi connectivity index (χ3n) is 2.30. The molecule has 0 aromatic heterocycles. The maximum atomic E-state index is 11.8. The molecule has 1 N–H and O–H groups in total. The molecule has 1 atom stereocenters. The predicted molar refractivity (Wildman–Crippen MR) is 74.2 cm³/mol. The minimum absolute atomic E-state index is 0.0569. The molecule has 1 amide bonds. The van der Waals surface area contributed by atoms with Crippen molar-refractivity contribution in [3.63, 3.8) is 0 Å². The van der Waals surface area contributed by atoms with E-state index in [-0.39, 0.29) is 11.9 Å². The van der Waals surface area contributed by atoms with Crippen LogP contribution in [0.5, 0.6) is 0 Å². The molecule has 16 heavy (non-hydrogen) atoms. The number of benzene rings is 1. The van der Waals surface area contributed by atoms with Crippen LogP contribution in [-0.2, 0) is 0 Å². The molecule has 1 unspecified atom stereocenters. The Balaban J connectivity index is 2.65. The summed E-state index contributed by atoms with van der Waals surface area (Å²) < 4.78 is 1.12. The second-order valence-electron chi connectivity index (χ2n) is 3.49. The Labute approximate surface area is 110 Å². The summed E-state index contributed by atoms with van der Waals surface area (Å²) >= 11 is 2.21. The van der Waals surface area contributed by atoms with E-state index in [1.165, 1.54) is 0 Å². The zero-order valence-electron chi connectivity index (χ0n) is 9.16. The van der Waals surface area contributed by atoms with Gasteiger partial charge in [-0.1, -0.05) is 6.92 Å². The van der Waals surface area contributed by atoms with Crippen LogP contribution in [0.3, 0.4) is 0 Å². The summed E-state index contributed by atoms with van der Waals surface area (Å²) in [5.41, 5.74) is 0.677. The minimum atomic E-state index is -0.0569. The quantitative estimate of drug-likeness (QED) is 0.669. The Morgan fingerprint density at radius 3 is 2.62 bits per heavy atom. The Morgan fingerprint density at radius 2 is 2.12 bits per heavy atom. The molecule has 0 heterocycles. The van der Waals surface area contributed by atoms with Gasteiger partial charge in [0.05, 0.1) is 0 Å². The highest BCUT2D eigenvalue weighted by Gasteiger charge is 2.10. The standard InChI is InChI=1S/C13H14INO/c1-3-5-12(4-2)15-13(16)10-6-8-11(14)9-7-10/h1,6-9,12H,4-5H2,2H3,(H,15,16). The monoisotopic (exact) mass is 327 g/mol. The topological polar surface area (TPSA) is 29.1 Å². The summed E-state index contributed by atoms with van der Waals surface area (Å²) in [5.74, 6) is 2.51. The number of terminal acetylenes is 1. The summed E-state index contributed by atoms with van der Waals surface area (Å²) in [6.45, 7) is 2.01. The number of rotatable bonds is 4. The summed E-state index contributed by atoms with van der Waals surface area (Å²) in [7, 11) is 0. The van der Waals surface area contributed by atoms with E-state index in [1.807, 2.05) is 31.2 Å². The molecule has 1 aromatic carbocycles. The lowest BCUT2D eigenvalue weighted by atomic mass is 10.1. The van der Waals surface area contributed by atoms with Gasteiger partial charge in [-0.25, -0.2) is 0 Å². The molecule has 0 aliphatic heterocycles. The van der Waals surface area contributed by atoms with Gasteiger partial charge in [-0.15, -0.1) is 12.3 Å². The number of carbonyl (C=O) groups is 1. The van der Waals surface area contributed by atoms with E-state index in [2.05, 4.69) is 33.8 Å². The van der Waals surface area contributed by atoms with Crippen molar-refractivity contribution in [2.75, 3.05) is 0 Å². The largest absolute Gasteiger partial charge is 0.348 e. The average Bonchev–Trinajstić information content (AvgIpc) is 2.29. The highest BCUT2D eigenvalue weighted by molar-refractivity contribution is 14.1. The number of carbonyl (C=O) groups excluding carboxylic acids is 1. The average molecular weight is 327 g/mol. The Hall–Kier alpha value is -1.02. The molecule has 0 saturated heterocycles. The van der Waals surface area contributed by atoms with Crippen molar-refractivity contribution in [3.05, 3.63) is 33.4 Å². The molecular formula is C13H14INO. The molecule has 1 rings (SSSR count). The van der Waals surface area contributed by atoms with Gasteiger partial charge in [0.2, 0.25) is 0 Å². The second kappa shape index (κ2) is 6.54. The molecule has 2 nitrogen and oxygen atoms in total. The molecular weight excluding hydrogens is 313 g/mol. The Kier molecular flexibility index (Phi) is 5.33. The fraction of sp³-hybridized carbons (Fsp3) is 0.308. The molecule has 0 fully saturated rings. The SMILES string of the molecule is C#CCC(CC)NC(=O)c1ccc(I)cc1. The van der Waals surface area contributed by atoms with Crippen molar-refractivity contribution in [3.8, 4) is 12.3 Å². The first-order valence-corrected chi connectivity index (χ1v) is 6.25. The van der Waals surface area contributed by atoms with Crippen molar-refractivity contribution in [2.24, 2.45) is 0 Å². The summed E-state index contributed by atoms with van der Waals surface area (Å²) in [6.07, 6.45) is 6.66. The lowest BCUT2D eigenvalue weighted by molar-refractivity contribution is 0.0936. The van der Waals surface area contributed by atoms with Crippen LogP contribution in [-0.4, -0.2) is 11.9 Å². The van der Waals surface area contributed by atoms with Gasteiger partial charge in [0, 0.05) is 21.6 Å². The van der Waals surface area contributed by atoms with Gasteiger partial charge < -0.3 is 5.32 Å². The first-order valence-electron chi connectivity index (χ1n) is 5.17. The van der Waals surface area contributed by atoms with Crippen molar-refractivity contribution in [1.82, 2.24) is 5.32 Å². The van der Waals surface area contributed by atoms with E-state index in [1.54, 1.807) is 0 Å². The Bertz CT molecular complexity index is 391. The molecule has 1 aromatic rings. The van der Waals surface area contributed by atoms with Gasteiger partial charge in [0.15, 0.2) is 0 Å². The molecule has 0 saturated carbocycles. The smallest absolute Gasteiger partial charge is 0.251 e. The molecule has 0 aliphatic rings. The van der Waals surface area contributed by atoms with Gasteiger partial charge in [0.1, 0.15) is 0 Å². The number of hydrogen-bond acceptors (Lipinski definition) is 1. The maximum absolute atomic E-state index is 11.8. The lowest BCUT2D eigenvalue weighted by Gasteiger charge is -2.14. The zero-order chi connectivity index (χ0) is 12.0. The van der Waals surface area contributed by atoms with Crippen LogP contribution in [0.1, 0.15) is 30.1 Å². The Morgan fingerprint density at radius 1 is 1.50 bits per heavy atom. The highest BCUT2D eigenvalue weighted by Crippen LogP contribution is 2.07. The molecule has 0 bridgehead atoms. The number of amides is 1. The van der Waals surface area contributed by atoms with Gasteiger partial charge >= 0.3 is 0 Å². The maximum Gasteiger partial charge on any atom is 0.251 e. The van der Waals surface area contributed by atoms with E-state index in [0.29, 0.717) is 12.0 Å². The molecule has 0 aliphatic carbocycles. The van der Waals surface area contributed by atoms with Crippen molar-refractivity contribution in [2.45, 2.75) is 25.8 Å². The minimum Gasteiger partial charge on any atom is -0.348 e. The zero-order valence-corrected chi connectivity index (χ0v) is 11.3. The van der Waals surface area contributed by atoms with Crippen LogP contribution in [0, 0.1) is 15.9 Å². The van der Waals surface area contributed by atoms with E-state index in [4.69, 9.17) is 6.42 Å². The second-order valence-corrected chi connectivity index (χ2v) is 4.74. The van der Waals surface area contributed by atoms with Crippen LogP contribution in [0.15, 0.2) is 24.3 Å². The summed E-state index contributed by atoms with van der Waals surface area (Å²) in [5, 5.41) is 2.92. The fourth-order valence-corrected chi connectivity index (χ4v) is 1.67. The fourth-order valence-electron chi connectivity index (χ4n) is 1.31. The molecule has 0 spiro atoms. The van der Waals surface area contributed by atoms with Crippen LogP contribution >= 0.6 is 22.6 Å². The van der Waals surface area contributed by atoms with Crippen LogP contribution in [0.4, 0.5) is 0 Å². The van der Waals surface area contributed by atoms with Gasteiger partial charge in [-0.05, 0) is 53.3 Å². The van der Waals surface area contributed by atoms with E-state index in [0.717, 1.165) is 9.99 Å². The van der Waals surface area contributed by atoms with Crippen molar-refractivity contribution < 1.29 is 4.79 Å². The van der Waals surface area contributed by atoms with E-state index < -0.39 is 0 Å². The highest BCUT2D eigenvalue weighted by atomic mass is 127. The molecule has 0 radical (unpaired) electrons. The van der Waals surface area contributed by atoms with Crippen LogP contribution < -0.4 is 5.32 Å². The third-order valence-corrected chi connectivity index (χ3v) is 3.02. The van der Waals surface area contributed by atoms with Crippen molar-refractivity contribution >= 4 is 28.5 Å². The number of halogens is 1. The van der Waals surface area contributed by atoms with Crippen molar-refractivity contribution in [1.29, 1.82) is 0 Å². The van der Waals surface area contributed by atoms with Crippen LogP contribution in [0.2, 0.25) is 0 Å². The predicted octanol–water partition coefficient (Wildman–Crippen LogP) is 2.82.